The van der Waals surface area contributed by atoms with Crippen LogP contribution in [0, 0.1) is 5.92 Å². The normalized spacial score (nSPS) is 20.2. The first-order valence-corrected chi connectivity index (χ1v) is 5.99. The number of nitrogens with two attached hydrogens (primary N) is 1. The van der Waals surface area contributed by atoms with E-state index in [9.17, 15) is 8.42 Å². The zero-order valence-corrected chi connectivity index (χ0v) is 8.68. The van der Waals surface area contributed by atoms with Crippen molar-refractivity contribution in [2.24, 2.45) is 11.7 Å². The fourth-order valence-corrected chi connectivity index (χ4v) is 2.65. The van der Waals surface area contributed by atoms with Gasteiger partial charge in [-0.3, -0.25) is 0 Å². The molecule has 0 bridgehead atoms. The Bertz CT molecular complexity index is 246. The Hall–Kier alpha value is -0.170. The summed E-state index contributed by atoms with van der Waals surface area (Å²) in [5.74, 6) is 0.346. The number of hydrogen-bond donors (Lipinski definition) is 2. The number of nitrogens with one attached hydrogen (secondary N) is 1. The molecule has 0 unspecified atom stereocenters. The van der Waals surface area contributed by atoms with Gasteiger partial charge in [0, 0.05) is 19.6 Å². The Balaban J connectivity index is 2.36. The van der Waals surface area contributed by atoms with Crippen molar-refractivity contribution < 1.29 is 8.42 Å². The molecule has 0 aromatic carbocycles. The molecular formula is C7H17N3O2S. The van der Waals surface area contributed by atoms with E-state index in [0.29, 0.717) is 32.1 Å². The van der Waals surface area contributed by atoms with E-state index in [2.05, 4.69) is 4.72 Å². The highest BCUT2D eigenvalue weighted by Gasteiger charge is 2.34. The second-order valence-corrected chi connectivity index (χ2v) is 5.07. The fraction of sp³-hybridized carbons (Fsp3) is 1.00. The number of nitrogens with zero attached hydrogens (tertiary/aromatic N) is 1. The van der Waals surface area contributed by atoms with E-state index in [4.69, 9.17) is 5.73 Å². The van der Waals surface area contributed by atoms with Crippen LogP contribution >= 0.6 is 0 Å². The van der Waals surface area contributed by atoms with Crippen molar-refractivity contribution in [2.75, 3.05) is 26.2 Å². The summed E-state index contributed by atoms with van der Waals surface area (Å²) >= 11 is 0. The second kappa shape index (κ2) is 4.36. The zero-order valence-electron chi connectivity index (χ0n) is 7.86. The first-order chi connectivity index (χ1) is 6.10. The molecule has 0 aromatic rings. The van der Waals surface area contributed by atoms with Crippen molar-refractivity contribution >= 4 is 10.2 Å². The SMILES string of the molecule is CCCNS(=O)(=O)N1CC(CN)C1. The minimum atomic E-state index is -3.20. The molecule has 0 radical (unpaired) electrons. The van der Waals surface area contributed by atoms with Crippen LogP contribution in [0.15, 0.2) is 0 Å². The number of rotatable bonds is 5. The molecule has 1 saturated heterocycles. The summed E-state index contributed by atoms with van der Waals surface area (Å²) in [6.45, 7) is 4.14. The molecule has 13 heavy (non-hydrogen) atoms. The van der Waals surface area contributed by atoms with Crippen molar-refractivity contribution in [1.82, 2.24) is 9.03 Å². The van der Waals surface area contributed by atoms with E-state index < -0.39 is 10.2 Å². The Kier molecular flexibility index (Phi) is 3.66. The van der Waals surface area contributed by atoms with Crippen LogP contribution in [-0.2, 0) is 10.2 Å². The predicted octanol–water partition coefficient (Wildman–Crippen LogP) is -0.879. The lowest BCUT2D eigenvalue weighted by Crippen LogP contribution is -2.55. The first-order valence-electron chi connectivity index (χ1n) is 4.55. The number of hydrogen-bond acceptors (Lipinski definition) is 3. The quantitative estimate of drug-likeness (QED) is 0.615. The van der Waals surface area contributed by atoms with Crippen LogP contribution in [0.2, 0.25) is 0 Å². The lowest BCUT2D eigenvalue weighted by molar-refractivity contribution is 0.205. The van der Waals surface area contributed by atoms with E-state index >= 15 is 0 Å². The van der Waals surface area contributed by atoms with Gasteiger partial charge < -0.3 is 5.73 Å². The third kappa shape index (κ3) is 2.63. The molecule has 78 valence electrons. The highest BCUT2D eigenvalue weighted by molar-refractivity contribution is 7.87. The minimum absolute atomic E-state index is 0.346. The van der Waals surface area contributed by atoms with Crippen molar-refractivity contribution in [2.45, 2.75) is 13.3 Å². The molecule has 0 saturated carbocycles. The van der Waals surface area contributed by atoms with Crippen LogP contribution in [0.25, 0.3) is 0 Å². The molecule has 3 N–H and O–H groups in total. The third-order valence-corrected chi connectivity index (χ3v) is 3.68. The van der Waals surface area contributed by atoms with E-state index in [-0.39, 0.29) is 0 Å². The lowest BCUT2D eigenvalue weighted by atomic mass is 10.0. The summed E-state index contributed by atoms with van der Waals surface area (Å²) in [4.78, 5) is 0. The maximum atomic E-state index is 11.4. The molecule has 5 nitrogen and oxygen atoms in total. The standard InChI is InChI=1S/C7H17N3O2S/c1-2-3-9-13(11,12)10-5-7(4-8)6-10/h7,9H,2-6,8H2,1H3. The minimum Gasteiger partial charge on any atom is -0.330 e. The molecule has 1 fully saturated rings. The molecule has 6 heteroatoms. The van der Waals surface area contributed by atoms with Gasteiger partial charge in [0.25, 0.3) is 10.2 Å². The van der Waals surface area contributed by atoms with Gasteiger partial charge in [-0.25, -0.2) is 4.72 Å². The van der Waals surface area contributed by atoms with Crippen LogP contribution < -0.4 is 10.5 Å². The highest BCUT2D eigenvalue weighted by Crippen LogP contribution is 2.16. The molecule has 1 aliphatic heterocycles. The van der Waals surface area contributed by atoms with Gasteiger partial charge in [0.15, 0.2) is 0 Å². The average molecular weight is 207 g/mol. The molecule has 0 spiro atoms. The van der Waals surface area contributed by atoms with Crippen LogP contribution in [0.4, 0.5) is 0 Å². The van der Waals surface area contributed by atoms with Crippen LogP contribution in [0.3, 0.4) is 0 Å². The van der Waals surface area contributed by atoms with Gasteiger partial charge in [-0.2, -0.15) is 12.7 Å². The summed E-state index contributed by atoms with van der Waals surface area (Å²) in [6, 6.07) is 0. The van der Waals surface area contributed by atoms with Gasteiger partial charge in [0.2, 0.25) is 0 Å². The van der Waals surface area contributed by atoms with E-state index in [1.165, 1.54) is 4.31 Å². The Morgan fingerprint density at radius 3 is 2.62 bits per heavy atom. The smallest absolute Gasteiger partial charge is 0.279 e. The maximum Gasteiger partial charge on any atom is 0.279 e. The summed E-state index contributed by atoms with van der Waals surface area (Å²) in [7, 11) is -3.20. The summed E-state index contributed by atoms with van der Waals surface area (Å²) in [5.41, 5.74) is 5.40. The van der Waals surface area contributed by atoms with Crippen molar-refractivity contribution in [3.63, 3.8) is 0 Å². The van der Waals surface area contributed by atoms with Gasteiger partial charge in [0.1, 0.15) is 0 Å². The highest BCUT2D eigenvalue weighted by atomic mass is 32.2. The van der Waals surface area contributed by atoms with Gasteiger partial charge in [0.05, 0.1) is 0 Å². The first kappa shape index (κ1) is 10.9. The lowest BCUT2D eigenvalue weighted by Gasteiger charge is -2.37. The van der Waals surface area contributed by atoms with Gasteiger partial charge in [-0.05, 0) is 18.9 Å². The van der Waals surface area contributed by atoms with E-state index in [0.717, 1.165) is 6.42 Å². The van der Waals surface area contributed by atoms with Crippen molar-refractivity contribution in [3.05, 3.63) is 0 Å². The summed E-state index contributed by atoms with van der Waals surface area (Å²) in [5, 5.41) is 0. The fourth-order valence-electron chi connectivity index (χ4n) is 1.19. The molecule has 0 amide bonds. The molecule has 1 rings (SSSR count). The molecule has 0 atom stereocenters. The van der Waals surface area contributed by atoms with Crippen molar-refractivity contribution in [3.8, 4) is 0 Å². The topological polar surface area (TPSA) is 75.4 Å². The van der Waals surface area contributed by atoms with Gasteiger partial charge in [-0.1, -0.05) is 6.92 Å². The van der Waals surface area contributed by atoms with Crippen LogP contribution in [0.1, 0.15) is 13.3 Å². The van der Waals surface area contributed by atoms with E-state index in [1.54, 1.807) is 0 Å². The molecule has 1 aliphatic rings. The molecule has 0 aromatic heterocycles. The Labute approximate surface area is 79.5 Å². The third-order valence-electron chi connectivity index (χ3n) is 2.13. The predicted molar refractivity (Wildman–Crippen MR) is 51.3 cm³/mol. The molecule has 1 heterocycles. The largest absolute Gasteiger partial charge is 0.330 e. The Morgan fingerprint density at radius 1 is 1.54 bits per heavy atom. The molecule has 0 aliphatic carbocycles. The second-order valence-electron chi connectivity index (χ2n) is 3.32. The average Bonchev–Trinajstić information content (AvgIpc) is 1.98. The maximum absolute atomic E-state index is 11.4. The summed E-state index contributed by atoms with van der Waals surface area (Å²) < 4.78 is 26.8. The summed E-state index contributed by atoms with van der Waals surface area (Å²) in [6.07, 6.45) is 0.813. The molecular weight excluding hydrogens is 190 g/mol. The zero-order chi connectivity index (χ0) is 9.90. The van der Waals surface area contributed by atoms with Crippen LogP contribution in [0.5, 0.6) is 0 Å². The van der Waals surface area contributed by atoms with E-state index in [1.807, 2.05) is 6.92 Å². The van der Waals surface area contributed by atoms with Gasteiger partial charge >= 0.3 is 0 Å². The monoisotopic (exact) mass is 207 g/mol. The van der Waals surface area contributed by atoms with Crippen molar-refractivity contribution in [1.29, 1.82) is 0 Å². The van der Waals surface area contributed by atoms with Gasteiger partial charge in [-0.15, -0.1) is 0 Å². The van der Waals surface area contributed by atoms with Crippen LogP contribution in [-0.4, -0.2) is 38.9 Å². The Morgan fingerprint density at radius 2 is 2.15 bits per heavy atom.